The van der Waals surface area contributed by atoms with Crippen molar-refractivity contribution in [2.45, 2.75) is 89.4 Å². The molecule has 8 atom stereocenters. The molecule has 4 aliphatic rings. The summed E-state index contributed by atoms with van der Waals surface area (Å²) in [7, 11) is 0. The number of aliphatic hydroxyl groups is 2. The average molecular weight is 624 g/mol. The van der Waals surface area contributed by atoms with E-state index in [1.165, 1.54) is 12.1 Å². The Labute approximate surface area is 261 Å². The molecule has 4 N–H and O–H groups in total. The van der Waals surface area contributed by atoms with Gasteiger partial charge < -0.3 is 25.4 Å². The second-order valence-electron chi connectivity index (χ2n) is 13.6. The Morgan fingerprint density at radius 3 is 2.42 bits per heavy atom. The number of nitrogens with one attached hydrogen (secondary N) is 1. The first kappa shape index (κ1) is 32.7. The van der Waals surface area contributed by atoms with Gasteiger partial charge in [0.25, 0.3) is 0 Å². The van der Waals surface area contributed by atoms with Crippen LogP contribution < -0.4 is 5.32 Å². The van der Waals surface area contributed by atoms with Crippen LogP contribution in [0.15, 0.2) is 42.0 Å². The smallest absolute Gasteiger partial charge is 0.329 e. The molecule has 1 aromatic rings. The fourth-order valence-electron chi connectivity index (χ4n) is 8.76. The minimum absolute atomic E-state index is 0.00520. The summed E-state index contributed by atoms with van der Waals surface area (Å²) in [6, 6.07) is 6.33. The van der Waals surface area contributed by atoms with E-state index in [0.717, 1.165) is 5.57 Å². The van der Waals surface area contributed by atoms with Gasteiger partial charge in [-0.1, -0.05) is 49.8 Å². The number of carbonyl (C=O) groups excluding carboxylic acids is 5. The van der Waals surface area contributed by atoms with Gasteiger partial charge in [-0.25, -0.2) is 4.79 Å². The number of carboxylic acids is 1. The Kier molecular flexibility index (Phi) is 8.89. The van der Waals surface area contributed by atoms with Crippen LogP contribution in [0, 0.1) is 28.6 Å². The van der Waals surface area contributed by atoms with Crippen molar-refractivity contribution in [1.82, 2.24) is 5.32 Å². The normalized spacial score (nSPS) is 33.5. The van der Waals surface area contributed by atoms with E-state index >= 15 is 0 Å². The van der Waals surface area contributed by atoms with Gasteiger partial charge in [0.2, 0.25) is 11.7 Å². The highest BCUT2D eigenvalue weighted by Crippen LogP contribution is 2.66. The first-order chi connectivity index (χ1) is 21.2. The SMILES string of the molecule is C[C@]12CCC(=O)C=C1CC[C@@H]1[C@@H]2C(=O)C[C@@]2(C)[C@H]1CC[C@]2(O)C(=O)COC(=O)CCC(=O)N[C@H](C(=O)O)[C@@H](O)c1ccccc1. The highest BCUT2D eigenvalue weighted by Gasteiger charge is 2.68. The summed E-state index contributed by atoms with van der Waals surface area (Å²) >= 11 is 0. The third kappa shape index (κ3) is 5.76. The summed E-state index contributed by atoms with van der Waals surface area (Å²) in [5.74, 6) is -4.12. The van der Waals surface area contributed by atoms with Crippen LogP contribution in [0.25, 0.3) is 0 Å². The number of aliphatic hydroxyl groups excluding tert-OH is 1. The summed E-state index contributed by atoms with van der Waals surface area (Å²) in [6.45, 7) is 3.13. The molecule has 0 radical (unpaired) electrons. The van der Waals surface area contributed by atoms with Gasteiger partial charge in [0.1, 0.15) is 17.5 Å². The Hall–Kier alpha value is -3.70. The third-order valence-electron chi connectivity index (χ3n) is 11.2. The van der Waals surface area contributed by atoms with Gasteiger partial charge in [-0.3, -0.25) is 24.0 Å². The number of esters is 1. The maximum absolute atomic E-state index is 13.8. The van der Waals surface area contributed by atoms with Gasteiger partial charge >= 0.3 is 11.9 Å². The van der Waals surface area contributed by atoms with Gasteiger partial charge in [0.05, 0.1) is 6.42 Å². The Morgan fingerprint density at radius 1 is 1.02 bits per heavy atom. The number of hydrogen-bond acceptors (Lipinski definition) is 9. The number of aliphatic carboxylic acids is 1. The van der Waals surface area contributed by atoms with Crippen molar-refractivity contribution in [2.24, 2.45) is 28.6 Å². The van der Waals surface area contributed by atoms with Crippen LogP contribution >= 0.6 is 0 Å². The molecule has 0 bridgehead atoms. The van der Waals surface area contributed by atoms with Gasteiger partial charge in [-0.15, -0.1) is 0 Å². The monoisotopic (exact) mass is 623 g/mol. The quantitative estimate of drug-likeness (QED) is 0.283. The lowest BCUT2D eigenvalue weighted by atomic mass is 9.46. The van der Waals surface area contributed by atoms with E-state index in [2.05, 4.69) is 12.2 Å². The van der Waals surface area contributed by atoms with Gasteiger partial charge in [0, 0.05) is 30.6 Å². The van der Waals surface area contributed by atoms with Crippen LogP contribution in [-0.4, -0.2) is 68.8 Å². The minimum atomic E-state index is -1.86. The first-order valence-electron chi connectivity index (χ1n) is 15.6. The summed E-state index contributed by atoms with van der Waals surface area (Å²) < 4.78 is 5.14. The largest absolute Gasteiger partial charge is 0.480 e. The maximum Gasteiger partial charge on any atom is 0.329 e. The second kappa shape index (κ2) is 12.2. The van der Waals surface area contributed by atoms with Gasteiger partial charge in [0.15, 0.2) is 18.4 Å². The number of allylic oxidation sites excluding steroid dienone is 1. The molecule has 3 saturated carbocycles. The maximum atomic E-state index is 13.8. The van der Waals surface area contributed by atoms with Crippen LogP contribution in [-0.2, 0) is 33.5 Å². The molecule has 242 valence electrons. The molecule has 0 saturated heterocycles. The molecular weight excluding hydrogens is 582 g/mol. The third-order valence-corrected chi connectivity index (χ3v) is 11.2. The molecule has 4 aliphatic carbocycles. The Balaban J connectivity index is 1.17. The van der Waals surface area contributed by atoms with Crippen molar-refractivity contribution in [3.8, 4) is 0 Å². The predicted molar refractivity (Wildman–Crippen MR) is 158 cm³/mol. The molecule has 0 aromatic heterocycles. The molecule has 0 aliphatic heterocycles. The van der Waals surface area contributed by atoms with Crippen molar-refractivity contribution < 1.29 is 48.8 Å². The molecule has 1 amide bonds. The summed E-state index contributed by atoms with van der Waals surface area (Å²) in [5, 5.41) is 33.9. The van der Waals surface area contributed by atoms with Crippen molar-refractivity contribution in [3.05, 3.63) is 47.5 Å². The van der Waals surface area contributed by atoms with Crippen LogP contribution in [0.5, 0.6) is 0 Å². The zero-order valence-corrected chi connectivity index (χ0v) is 25.6. The first-order valence-corrected chi connectivity index (χ1v) is 15.6. The molecule has 0 unspecified atom stereocenters. The van der Waals surface area contributed by atoms with Crippen LogP contribution in [0.2, 0.25) is 0 Å². The molecule has 3 fully saturated rings. The summed E-state index contributed by atoms with van der Waals surface area (Å²) in [5.41, 5.74) is -1.96. The molecule has 45 heavy (non-hydrogen) atoms. The molecule has 0 heterocycles. The van der Waals surface area contributed by atoms with E-state index in [9.17, 15) is 44.1 Å². The Bertz CT molecular complexity index is 1440. The number of benzene rings is 1. The molecule has 11 nitrogen and oxygen atoms in total. The van der Waals surface area contributed by atoms with Crippen molar-refractivity contribution in [2.75, 3.05) is 6.61 Å². The molecule has 1 aromatic carbocycles. The number of amides is 1. The van der Waals surface area contributed by atoms with Gasteiger partial charge in [-0.05, 0) is 61.0 Å². The minimum Gasteiger partial charge on any atom is -0.480 e. The fourth-order valence-corrected chi connectivity index (χ4v) is 8.76. The number of Topliss-reactive ketones (excluding diaryl/α,β-unsaturated/α-hetero) is 2. The number of ether oxygens (including phenoxy) is 1. The standard InChI is InChI=1S/C34H41NO10/c1-32-14-12-21(36)16-20(32)8-9-22-23-13-15-34(44,33(23,2)17-24(37)28(22)32)25(38)18-45-27(40)11-10-26(39)35-29(31(42)43)30(41)19-6-4-3-5-7-19/h3-7,16,22-23,28-30,41,44H,8-15,17-18H2,1-2H3,(H,35,39)(H,42,43)/t22-,23-,28+,29-,30-,32-,33-,34-/m0/s1. The number of fused-ring (bicyclic) bond motifs is 5. The lowest BCUT2D eigenvalue weighted by Crippen LogP contribution is -2.61. The summed E-state index contributed by atoms with van der Waals surface area (Å²) in [6.07, 6.45) is 2.45. The number of ketones is 3. The number of rotatable bonds is 10. The van der Waals surface area contributed by atoms with E-state index in [0.29, 0.717) is 37.7 Å². The van der Waals surface area contributed by atoms with E-state index in [1.807, 2.05) is 0 Å². The lowest BCUT2D eigenvalue weighted by Gasteiger charge is -2.57. The second-order valence-corrected chi connectivity index (χ2v) is 13.6. The van der Waals surface area contributed by atoms with E-state index < -0.39 is 71.7 Å². The van der Waals surface area contributed by atoms with Crippen molar-refractivity contribution >= 4 is 35.2 Å². The van der Waals surface area contributed by atoms with Crippen LogP contribution in [0.4, 0.5) is 0 Å². The highest BCUT2D eigenvalue weighted by molar-refractivity contribution is 5.95. The number of carboxylic acid groups (broad SMARTS) is 1. The lowest BCUT2D eigenvalue weighted by molar-refractivity contribution is -0.173. The highest BCUT2D eigenvalue weighted by atomic mass is 16.5. The zero-order valence-electron chi connectivity index (χ0n) is 25.6. The van der Waals surface area contributed by atoms with E-state index in [1.54, 1.807) is 31.2 Å². The zero-order chi connectivity index (χ0) is 32.7. The van der Waals surface area contributed by atoms with E-state index in [-0.39, 0.29) is 42.2 Å². The Morgan fingerprint density at radius 2 is 1.73 bits per heavy atom. The molecule has 5 rings (SSSR count). The number of hydrogen-bond donors (Lipinski definition) is 4. The van der Waals surface area contributed by atoms with Crippen LogP contribution in [0.1, 0.15) is 83.3 Å². The fraction of sp³-hybridized carbons (Fsp3) is 0.588. The predicted octanol–water partition coefficient (Wildman–Crippen LogP) is 2.62. The summed E-state index contributed by atoms with van der Waals surface area (Å²) in [4.78, 5) is 75.9. The van der Waals surface area contributed by atoms with Gasteiger partial charge in [-0.2, -0.15) is 0 Å². The number of carbonyl (C=O) groups is 6. The molecular formula is C34H41NO10. The molecule has 11 heteroatoms. The average Bonchev–Trinajstić information content (AvgIpc) is 3.28. The van der Waals surface area contributed by atoms with Crippen molar-refractivity contribution in [1.29, 1.82) is 0 Å². The van der Waals surface area contributed by atoms with Crippen LogP contribution in [0.3, 0.4) is 0 Å². The molecule has 0 spiro atoms. The van der Waals surface area contributed by atoms with E-state index in [4.69, 9.17) is 4.74 Å². The topological polar surface area (TPSA) is 184 Å². The van der Waals surface area contributed by atoms with Crippen molar-refractivity contribution in [3.63, 3.8) is 0 Å².